The summed E-state index contributed by atoms with van der Waals surface area (Å²) in [4.78, 5) is 2.45. The Hall–Kier alpha value is -1.02. The fraction of sp³-hybridized carbons (Fsp3) is 0.647. The van der Waals surface area contributed by atoms with E-state index in [9.17, 15) is 0 Å². The molecule has 1 aliphatic rings. The Kier molecular flexibility index (Phi) is 4.87. The Labute approximate surface area is 118 Å². The van der Waals surface area contributed by atoms with E-state index in [0.717, 1.165) is 12.0 Å². The van der Waals surface area contributed by atoms with Gasteiger partial charge >= 0.3 is 0 Å². The van der Waals surface area contributed by atoms with Crippen LogP contribution in [0.4, 0.5) is 5.69 Å². The van der Waals surface area contributed by atoms with Crippen molar-refractivity contribution in [2.45, 2.75) is 45.6 Å². The average molecular weight is 260 g/mol. The van der Waals surface area contributed by atoms with Crippen LogP contribution >= 0.6 is 0 Å². The largest absolute Gasteiger partial charge is 0.374 e. The third-order valence-corrected chi connectivity index (χ3v) is 4.56. The predicted octanol–water partition coefficient (Wildman–Crippen LogP) is 3.52. The summed E-state index contributed by atoms with van der Waals surface area (Å²) in [5.41, 5.74) is 4.14. The molecule has 106 valence electrons. The van der Waals surface area contributed by atoms with E-state index in [1.807, 2.05) is 0 Å². The number of rotatable bonds is 4. The van der Waals surface area contributed by atoms with Gasteiger partial charge < -0.3 is 10.2 Å². The molecule has 0 aromatic heterocycles. The van der Waals surface area contributed by atoms with E-state index >= 15 is 0 Å². The normalized spacial score (nSPS) is 23.4. The maximum atomic E-state index is 3.41. The Morgan fingerprint density at radius 1 is 1.16 bits per heavy atom. The average Bonchev–Trinajstić information content (AvgIpc) is 2.42. The molecule has 0 radical (unpaired) electrons. The molecule has 1 aromatic carbocycles. The molecule has 1 aromatic rings. The molecule has 0 heterocycles. The minimum atomic E-state index is 0.752. The van der Waals surface area contributed by atoms with Crippen LogP contribution in [-0.2, 0) is 0 Å². The van der Waals surface area contributed by atoms with Crippen molar-refractivity contribution in [3.8, 4) is 0 Å². The zero-order valence-electron chi connectivity index (χ0n) is 12.9. The lowest BCUT2D eigenvalue weighted by atomic mass is 9.85. The summed E-state index contributed by atoms with van der Waals surface area (Å²) in [6.07, 6.45) is 5.39. The van der Waals surface area contributed by atoms with Gasteiger partial charge in [-0.2, -0.15) is 0 Å². The number of aryl methyl sites for hydroxylation is 2. The SMILES string of the molecule is CNC1CCC(CN(C)c2cc(C)ccc2C)CC1. The third-order valence-electron chi connectivity index (χ3n) is 4.56. The highest BCUT2D eigenvalue weighted by Crippen LogP contribution is 2.27. The van der Waals surface area contributed by atoms with Crippen LogP contribution in [0.2, 0.25) is 0 Å². The van der Waals surface area contributed by atoms with E-state index in [1.54, 1.807) is 0 Å². The molecule has 0 unspecified atom stereocenters. The molecule has 0 atom stereocenters. The lowest BCUT2D eigenvalue weighted by Crippen LogP contribution is -2.34. The molecular weight excluding hydrogens is 232 g/mol. The van der Waals surface area contributed by atoms with Crippen molar-refractivity contribution in [3.63, 3.8) is 0 Å². The van der Waals surface area contributed by atoms with Crippen molar-refractivity contribution in [2.75, 3.05) is 25.5 Å². The predicted molar refractivity (Wildman–Crippen MR) is 84.0 cm³/mol. The first-order chi connectivity index (χ1) is 9.10. The Morgan fingerprint density at radius 3 is 2.47 bits per heavy atom. The van der Waals surface area contributed by atoms with E-state index in [-0.39, 0.29) is 0 Å². The fourth-order valence-electron chi connectivity index (χ4n) is 3.25. The first-order valence-electron chi connectivity index (χ1n) is 7.55. The third kappa shape index (κ3) is 3.73. The van der Waals surface area contributed by atoms with Crippen LogP contribution in [0.5, 0.6) is 0 Å². The Morgan fingerprint density at radius 2 is 1.84 bits per heavy atom. The lowest BCUT2D eigenvalue weighted by molar-refractivity contribution is 0.305. The second kappa shape index (κ2) is 6.42. The van der Waals surface area contributed by atoms with Gasteiger partial charge in [0.25, 0.3) is 0 Å². The topological polar surface area (TPSA) is 15.3 Å². The summed E-state index contributed by atoms with van der Waals surface area (Å²) < 4.78 is 0. The maximum Gasteiger partial charge on any atom is 0.0396 e. The van der Waals surface area contributed by atoms with E-state index in [4.69, 9.17) is 0 Å². The van der Waals surface area contributed by atoms with Gasteiger partial charge in [0.15, 0.2) is 0 Å². The number of nitrogens with zero attached hydrogens (tertiary/aromatic N) is 1. The van der Waals surface area contributed by atoms with Crippen LogP contribution < -0.4 is 10.2 Å². The molecule has 1 saturated carbocycles. The van der Waals surface area contributed by atoms with E-state index in [1.165, 1.54) is 49.0 Å². The minimum Gasteiger partial charge on any atom is -0.374 e. The molecule has 2 nitrogen and oxygen atoms in total. The molecule has 2 rings (SSSR count). The number of nitrogens with one attached hydrogen (secondary N) is 1. The van der Waals surface area contributed by atoms with Crippen LogP contribution in [0.1, 0.15) is 36.8 Å². The second-order valence-electron chi connectivity index (χ2n) is 6.18. The molecule has 2 heteroatoms. The van der Waals surface area contributed by atoms with Gasteiger partial charge in [0.2, 0.25) is 0 Å². The van der Waals surface area contributed by atoms with Crippen molar-refractivity contribution in [1.29, 1.82) is 0 Å². The van der Waals surface area contributed by atoms with Crippen molar-refractivity contribution in [2.24, 2.45) is 5.92 Å². The number of hydrogen-bond acceptors (Lipinski definition) is 2. The quantitative estimate of drug-likeness (QED) is 0.891. The van der Waals surface area contributed by atoms with Gasteiger partial charge in [0.1, 0.15) is 0 Å². The number of hydrogen-bond donors (Lipinski definition) is 1. The molecule has 1 N–H and O–H groups in total. The molecule has 19 heavy (non-hydrogen) atoms. The zero-order chi connectivity index (χ0) is 13.8. The highest BCUT2D eigenvalue weighted by atomic mass is 15.1. The smallest absolute Gasteiger partial charge is 0.0396 e. The Balaban J connectivity index is 1.94. The molecule has 1 aliphatic carbocycles. The first kappa shape index (κ1) is 14.4. The van der Waals surface area contributed by atoms with Gasteiger partial charge in [-0.25, -0.2) is 0 Å². The van der Waals surface area contributed by atoms with Crippen LogP contribution in [0.3, 0.4) is 0 Å². The highest BCUT2D eigenvalue weighted by molar-refractivity contribution is 5.54. The molecular formula is C17H28N2. The van der Waals surface area contributed by atoms with Crippen molar-refractivity contribution >= 4 is 5.69 Å². The van der Waals surface area contributed by atoms with Crippen molar-refractivity contribution < 1.29 is 0 Å². The molecule has 0 saturated heterocycles. The van der Waals surface area contributed by atoms with Gasteiger partial charge in [-0.05, 0) is 69.7 Å². The summed E-state index contributed by atoms with van der Waals surface area (Å²) >= 11 is 0. The summed E-state index contributed by atoms with van der Waals surface area (Å²) in [7, 11) is 4.33. The molecule has 0 bridgehead atoms. The van der Waals surface area contributed by atoms with E-state index in [0.29, 0.717) is 0 Å². The molecule has 1 fully saturated rings. The number of anilines is 1. The van der Waals surface area contributed by atoms with Gasteiger partial charge in [0, 0.05) is 25.3 Å². The van der Waals surface area contributed by atoms with Crippen molar-refractivity contribution in [3.05, 3.63) is 29.3 Å². The van der Waals surface area contributed by atoms with Gasteiger partial charge in [-0.1, -0.05) is 12.1 Å². The zero-order valence-corrected chi connectivity index (χ0v) is 12.9. The standard InChI is InChI=1S/C17H28N2/c1-13-5-6-14(2)17(11-13)19(4)12-15-7-9-16(18-3)10-8-15/h5-6,11,15-16,18H,7-10,12H2,1-4H3. The van der Waals surface area contributed by atoms with Crippen LogP contribution in [0, 0.1) is 19.8 Å². The van der Waals surface area contributed by atoms with E-state index < -0.39 is 0 Å². The van der Waals surface area contributed by atoms with E-state index in [2.05, 4.69) is 56.4 Å². The summed E-state index contributed by atoms with van der Waals surface area (Å²) in [6, 6.07) is 7.50. The summed E-state index contributed by atoms with van der Waals surface area (Å²) in [5, 5.41) is 3.41. The minimum absolute atomic E-state index is 0.752. The summed E-state index contributed by atoms with van der Waals surface area (Å²) in [6.45, 7) is 5.58. The van der Waals surface area contributed by atoms with Crippen LogP contribution in [0.25, 0.3) is 0 Å². The van der Waals surface area contributed by atoms with Gasteiger partial charge in [-0.3, -0.25) is 0 Å². The van der Waals surface area contributed by atoms with Crippen LogP contribution in [0.15, 0.2) is 18.2 Å². The summed E-state index contributed by atoms with van der Waals surface area (Å²) in [5.74, 6) is 0.856. The van der Waals surface area contributed by atoms with Gasteiger partial charge in [-0.15, -0.1) is 0 Å². The lowest BCUT2D eigenvalue weighted by Gasteiger charge is -2.32. The van der Waals surface area contributed by atoms with Crippen molar-refractivity contribution in [1.82, 2.24) is 5.32 Å². The van der Waals surface area contributed by atoms with Gasteiger partial charge in [0.05, 0.1) is 0 Å². The second-order valence-corrected chi connectivity index (χ2v) is 6.18. The first-order valence-corrected chi connectivity index (χ1v) is 7.55. The molecule has 0 amide bonds. The monoisotopic (exact) mass is 260 g/mol. The highest BCUT2D eigenvalue weighted by Gasteiger charge is 2.21. The Bertz CT molecular complexity index is 406. The van der Waals surface area contributed by atoms with Crippen LogP contribution in [-0.4, -0.2) is 26.7 Å². The molecule has 0 spiro atoms. The molecule has 0 aliphatic heterocycles. The fourth-order valence-corrected chi connectivity index (χ4v) is 3.25. The number of benzene rings is 1. The maximum absolute atomic E-state index is 3.41.